The Bertz CT molecular complexity index is 1540. The maximum absolute atomic E-state index is 13.9. The van der Waals surface area contributed by atoms with Crippen molar-refractivity contribution >= 4 is 27.7 Å². The Morgan fingerprint density at radius 3 is 2.51 bits per heavy atom. The Balaban J connectivity index is 1.54. The number of halogens is 1. The van der Waals surface area contributed by atoms with Crippen LogP contribution in [0.2, 0.25) is 0 Å². The highest BCUT2D eigenvalue weighted by Gasteiger charge is 2.40. The normalized spacial score (nSPS) is 16.6. The molecule has 1 fully saturated rings. The quantitative estimate of drug-likeness (QED) is 0.269. The molecule has 0 radical (unpaired) electrons. The smallest absolute Gasteiger partial charge is 0.415 e. The summed E-state index contributed by atoms with van der Waals surface area (Å²) in [7, 11) is -2.55. The molecule has 1 saturated heterocycles. The SMILES string of the molecule is COc1ccc(S(=O)(=O)NC[C@@H](O)[C@H](Cc2ccccc2)NC(=O)C2COC(=O)N2c2cccc(F)c2)c(CC(C)C)c1. The Labute approximate surface area is 250 Å². The van der Waals surface area contributed by atoms with Gasteiger partial charge in [0.1, 0.15) is 18.2 Å². The van der Waals surface area contributed by atoms with Crippen molar-refractivity contribution in [3.05, 3.63) is 89.7 Å². The topological polar surface area (TPSA) is 134 Å². The zero-order chi connectivity index (χ0) is 31.1. The zero-order valence-electron chi connectivity index (χ0n) is 24.2. The summed E-state index contributed by atoms with van der Waals surface area (Å²) in [5.41, 5.74) is 1.51. The Morgan fingerprint density at radius 1 is 1.09 bits per heavy atom. The summed E-state index contributed by atoms with van der Waals surface area (Å²) in [5.74, 6) is -0.529. The second-order valence-corrected chi connectivity index (χ2v) is 12.5. The molecule has 0 saturated carbocycles. The molecule has 0 spiro atoms. The van der Waals surface area contributed by atoms with E-state index >= 15 is 0 Å². The number of nitrogens with one attached hydrogen (secondary N) is 2. The third kappa shape index (κ3) is 8.09. The summed E-state index contributed by atoms with van der Waals surface area (Å²) < 4.78 is 53.5. The van der Waals surface area contributed by atoms with Crippen molar-refractivity contribution in [3.63, 3.8) is 0 Å². The monoisotopic (exact) mass is 613 g/mol. The Morgan fingerprint density at radius 2 is 1.84 bits per heavy atom. The number of amides is 2. The molecule has 0 aromatic heterocycles. The molecule has 1 heterocycles. The van der Waals surface area contributed by atoms with Crippen molar-refractivity contribution < 1.29 is 37.0 Å². The molecule has 1 aliphatic heterocycles. The summed E-state index contributed by atoms with van der Waals surface area (Å²) in [4.78, 5) is 27.0. The Kier molecular flexibility index (Phi) is 10.4. The standard InChI is InChI=1S/C31H36FN3O7S/c1-20(2)14-22-16-25(41-3)12-13-29(22)43(39,40)33-18-28(36)26(15-21-8-5-4-6-9-21)34-30(37)27-19-42-31(38)35(27)24-11-7-10-23(32)17-24/h4-13,16-17,20,26-28,33,36H,14-15,18-19H2,1-3H3,(H,34,37)/t26-,27?,28+/m0/s1. The maximum atomic E-state index is 13.9. The van der Waals surface area contributed by atoms with Crippen LogP contribution >= 0.6 is 0 Å². The average Bonchev–Trinajstić information content (AvgIpc) is 3.37. The fourth-order valence-corrected chi connectivity index (χ4v) is 6.20. The number of nitrogens with zero attached hydrogens (tertiary/aromatic N) is 1. The van der Waals surface area contributed by atoms with Crippen LogP contribution in [0.3, 0.4) is 0 Å². The summed E-state index contributed by atoms with van der Waals surface area (Å²) in [5, 5.41) is 14.0. The molecule has 10 nitrogen and oxygen atoms in total. The van der Waals surface area contributed by atoms with Crippen molar-refractivity contribution in [2.24, 2.45) is 5.92 Å². The van der Waals surface area contributed by atoms with Gasteiger partial charge in [0.05, 0.1) is 29.8 Å². The molecule has 1 aliphatic rings. The molecule has 3 aromatic carbocycles. The van der Waals surface area contributed by atoms with Crippen molar-refractivity contribution in [1.29, 1.82) is 0 Å². The summed E-state index contributed by atoms with van der Waals surface area (Å²) in [6.07, 6.45) is -1.51. The maximum Gasteiger partial charge on any atom is 0.415 e. The second kappa shape index (κ2) is 14.0. The molecule has 230 valence electrons. The molecule has 0 bridgehead atoms. The first-order valence-electron chi connectivity index (χ1n) is 13.9. The van der Waals surface area contributed by atoms with Gasteiger partial charge in [-0.15, -0.1) is 0 Å². The van der Waals surface area contributed by atoms with Gasteiger partial charge in [0.2, 0.25) is 15.9 Å². The molecular formula is C31H36FN3O7S. The van der Waals surface area contributed by atoms with E-state index in [1.54, 1.807) is 24.3 Å². The molecule has 3 aromatic rings. The third-order valence-corrected chi connectivity index (χ3v) is 8.54. The fourth-order valence-electron chi connectivity index (χ4n) is 4.92. The Hall–Kier alpha value is -4.00. The van der Waals surface area contributed by atoms with Gasteiger partial charge in [-0.2, -0.15) is 0 Å². The molecule has 12 heteroatoms. The van der Waals surface area contributed by atoms with E-state index in [9.17, 15) is 27.5 Å². The van der Waals surface area contributed by atoms with Gasteiger partial charge in [0.25, 0.3) is 0 Å². The largest absolute Gasteiger partial charge is 0.497 e. The fraction of sp³-hybridized carbons (Fsp3) is 0.355. The first kappa shape index (κ1) is 31.9. The number of rotatable bonds is 13. The van der Waals surface area contributed by atoms with Crippen molar-refractivity contribution in [2.75, 3.05) is 25.2 Å². The number of carbonyl (C=O) groups excluding carboxylic acids is 2. The zero-order valence-corrected chi connectivity index (χ0v) is 25.0. The van der Waals surface area contributed by atoms with E-state index in [-0.39, 0.29) is 29.5 Å². The third-order valence-electron chi connectivity index (χ3n) is 7.02. The average molecular weight is 614 g/mol. The summed E-state index contributed by atoms with van der Waals surface area (Å²) >= 11 is 0. The van der Waals surface area contributed by atoms with Gasteiger partial charge >= 0.3 is 6.09 Å². The molecule has 3 N–H and O–H groups in total. The number of aliphatic hydroxyl groups excluding tert-OH is 1. The van der Waals surface area contributed by atoms with Gasteiger partial charge in [-0.05, 0) is 66.3 Å². The van der Waals surface area contributed by atoms with Crippen LogP contribution < -0.4 is 19.7 Å². The van der Waals surface area contributed by atoms with Gasteiger partial charge in [-0.1, -0.05) is 50.2 Å². The number of ether oxygens (including phenoxy) is 2. The van der Waals surface area contributed by atoms with E-state index in [0.29, 0.717) is 17.7 Å². The predicted molar refractivity (Wildman–Crippen MR) is 159 cm³/mol. The highest BCUT2D eigenvalue weighted by atomic mass is 32.2. The molecule has 3 atom stereocenters. The van der Waals surface area contributed by atoms with Crippen LogP contribution in [-0.2, 0) is 32.4 Å². The lowest BCUT2D eigenvalue weighted by molar-refractivity contribution is -0.123. The molecule has 1 unspecified atom stereocenters. The number of hydrogen-bond donors (Lipinski definition) is 3. The van der Waals surface area contributed by atoms with E-state index in [0.717, 1.165) is 16.5 Å². The van der Waals surface area contributed by atoms with Gasteiger partial charge in [-0.25, -0.2) is 22.3 Å². The molecule has 0 aliphatic carbocycles. The number of anilines is 1. The minimum absolute atomic E-state index is 0.0743. The number of sulfonamides is 1. The van der Waals surface area contributed by atoms with Crippen LogP contribution in [-0.4, -0.2) is 64.0 Å². The van der Waals surface area contributed by atoms with E-state index in [4.69, 9.17) is 9.47 Å². The number of cyclic esters (lactones) is 1. The van der Waals surface area contributed by atoms with Crippen LogP contribution in [0.1, 0.15) is 25.0 Å². The molecular weight excluding hydrogens is 577 g/mol. The molecule has 2 amide bonds. The van der Waals surface area contributed by atoms with Crippen LogP contribution in [0, 0.1) is 11.7 Å². The highest BCUT2D eigenvalue weighted by molar-refractivity contribution is 7.89. The van der Waals surface area contributed by atoms with Gasteiger partial charge in [-0.3, -0.25) is 9.69 Å². The van der Waals surface area contributed by atoms with E-state index in [1.807, 2.05) is 32.0 Å². The van der Waals surface area contributed by atoms with Crippen molar-refractivity contribution in [3.8, 4) is 5.75 Å². The number of benzene rings is 3. The number of hydrogen-bond acceptors (Lipinski definition) is 7. The van der Waals surface area contributed by atoms with E-state index < -0.39 is 52.6 Å². The molecule has 43 heavy (non-hydrogen) atoms. The summed E-state index contributed by atoms with van der Waals surface area (Å²) in [6, 6.07) is 16.9. The second-order valence-electron chi connectivity index (χ2n) is 10.7. The van der Waals surface area contributed by atoms with Gasteiger partial charge in [0.15, 0.2) is 6.04 Å². The highest BCUT2D eigenvalue weighted by Crippen LogP contribution is 2.26. The predicted octanol–water partition coefficient (Wildman–Crippen LogP) is 3.42. The van der Waals surface area contributed by atoms with Crippen LogP contribution in [0.4, 0.5) is 14.9 Å². The van der Waals surface area contributed by atoms with Crippen molar-refractivity contribution in [2.45, 2.75) is 49.8 Å². The van der Waals surface area contributed by atoms with E-state index in [1.165, 1.54) is 31.4 Å². The van der Waals surface area contributed by atoms with Crippen LogP contribution in [0.5, 0.6) is 5.75 Å². The lowest BCUT2D eigenvalue weighted by atomic mass is 10.0. The first-order chi connectivity index (χ1) is 20.5. The number of aliphatic hydroxyl groups is 1. The van der Waals surface area contributed by atoms with Crippen LogP contribution in [0.25, 0.3) is 0 Å². The lowest BCUT2D eigenvalue weighted by Crippen LogP contribution is -2.54. The minimum Gasteiger partial charge on any atom is -0.497 e. The molecule has 4 rings (SSSR count). The number of carbonyl (C=O) groups is 2. The van der Waals surface area contributed by atoms with E-state index in [2.05, 4.69) is 10.0 Å². The van der Waals surface area contributed by atoms with Gasteiger partial charge in [0, 0.05) is 6.54 Å². The summed E-state index contributed by atoms with van der Waals surface area (Å²) in [6.45, 7) is 3.27. The minimum atomic E-state index is -4.05. The first-order valence-corrected chi connectivity index (χ1v) is 15.4. The van der Waals surface area contributed by atoms with Crippen LogP contribution in [0.15, 0.2) is 77.7 Å². The van der Waals surface area contributed by atoms with Crippen molar-refractivity contribution in [1.82, 2.24) is 10.0 Å². The van der Waals surface area contributed by atoms with Gasteiger partial charge < -0.3 is 19.9 Å². The number of methoxy groups -OCH3 is 1. The lowest BCUT2D eigenvalue weighted by Gasteiger charge is -2.28.